The van der Waals surface area contributed by atoms with Crippen molar-refractivity contribution in [2.75, 3.05) is 31.6 Å². The molecule has 0 atom stereocenters. The zero-order chi connectivity index (χ0) is 14.5. The molecule has 1 aliphatic rings. The topological polar surface area (TPSA) is 86.6 Å². The van der Waals surface area contributed by atoms with Crippen LogP contribution in [0.25, 0.3) is 0 Å². The number of nitrogens with zero attached hydrogens (tertiary/aromatic N) is 4. The highest BCUT2D eigenvalue weighted by Gasteiger charge is 2.17. The smallest absolute Gasteiger partial charge is 0.305 e. The second kappa shape index (κ2) is 6.31. The minimum absolute atomic E-state index is 0.0818. The van der Waals surface area contributed by atoms with Crippen LogP contribution in [0.4, 0.5) is 5.82 Å². The molecule has 7 nitrogen and oxygen atoms in total. The van der Waals surface area contributed by atoms with Crippen LogP contribution in [-0.2, 0) is 4.79 Å². The molecule has 2 rings (SSSR count). The molecule has 0 unspecified atom stereocenters. The zero-order valence-corrected chi connectivity index (χ0v) is 11.4. The van der Waals surface area contributed by atoms with Gasteiger partial charge in [-0.05, 0) is 25.0 Å². The van der Waals surface area contributed by atoms with Gasteiger partial charge < -0.3 is 14.9 Å². The molecule has 1 fully saturated rings. The van der Waals surface area contributed by atoms with Gasteiger partial charge >= 0.3 is 5.97 Å². The fraction of sp³-hybridized carbons (Fsp3) is 0.538. The number of carbonyl (C=O) groups is 2. The number of aliphatic carboxylic acids is 1. The third kappa shape index (κ3) is 3.43. The van der Waals surface area contributed by atoms with E-state index in [-0.39, 0.29) is 24.6 Å². The molecular formula is C13H18N4O3. The molecule has 20 heavy (non-hydrogen) atoms. The van der Waals surface area contributed by atoms with Crippen molar-refractivity contribution in [3.8, 4) is 0 Å². The normalized spacial score (nSPS) is 14.3. The number of carboxylic acid groups (broad SMARTS) is 1. The first-order chi connectivity index (χ1) is 9.58. The second-order valence-electron chi connectivity index (χ2n) is 4.84. The Kier molecular flexibility index (Phi) is 4.49. The third-order valence-corrected chi connectivity index (χ3v) is 3.31. The van der Waals surface area contributed by atoms with Crippen molar-refractivity contribution in [2.45, 2.75) is 19.3 Å². The minimum atomic E-state index is -0.930. The van der Waals surface area contributed by atoms with Crippen LogP contribution >= 0.6 is 0 Å². The maximum absolute atomic E-state index is 12.0. The summed E-state index contributed by atoms with van der Waals surface area (Å²) >= 11 is 0. The van der Waals surface area contributed by atoms with Gasteiger partial charge in [-0.2, -0.15) is 0 Å². The number of hydrogen-bond acceptors (Lipinski definition) is 5. The number of hydrogen-bond donors (Lipinski definition) is 1. The van der Waals surface area contributed by atoms with Crippen molar-refractivity contribution < 1.29 is 14.7 Å². The average Bonchev–Trinajstić information content (AvgIpc) is 2.98. The molecule has 108 valence electrons. The number of anilines is 1. The highest BCUT2D eigenvalue weighted by molar-refractivity contribution is 5.92. The Labute approximate surface area is 117 Å². The van der Waals surface area contributed by atoms with Crippen LogP contribution < -0.4 is 4.90 Å². The molecule has 1 saturated heterocycles. The van der Waals surface area contributed by atoms with Gasteiger partial charge in [-0.1, -0.05) is 0 Å². The lowest BCUT2D eigenvalue weighted by Gasteiger charge is -2.17. The number of aromatic nitrogens is 2. The number of carboxylic acids is 1. The minimum Gasteiger partial charge on any atom is -0.481 e. The Morgan fingerprint density at radius 2 is 2.00 bits per heavy atom. The van der Waals surface area contributed by atoms with Crippen molar-refractivity contribution in [1.82, 2.24) is 15.1 Å². The summed E-state index contributed by atoms with van der Waals surface area (Å²) in [6.45, 7) is 2.10. The average molecular weight is 278 g/mol. The molecule has 1 N–H and O–H groups in total. The molecule has 1 aromatic heterocycles. The van der Waals surface area contributed by atoms with Crippen molar-refractivity contribution in [2.24, 2.45) is 0 Å². The lowest BCUT2D eigenvalue weighted by atomic mass is 10.3. The van der Waals surface area contributed by atoms with Crippen LogP contribution in [-0.4, -0.2) is 58.8 Å². The summed E-state index contributed by atoms with van der Waals surface area (Å²) in [4.78, 5) is 26.0. The van der Waals surface area contributed by atoms with E-state index in [0.29, 0.717) is 0 Å². The van der Waals surface area contributed by atoms with E-state index in [1.165, 1.54) is 4.90 Å². The lowest BCUT2D eigenvalue weighted by Crippen LogP contribution is -2.30. The van der Waals surface area contributed by atoms with Crippen LogP contribution in [0.15, 0.2) is 12.1 Å². The van der Waals surface area contributed by atoms with Crippen LogP contribution in [0.1, 0.15) is 29.8 Å². The molecule has 1 aromatic rings. The fourth-order valence-corrected chi connectivity index (χ4v) is 2.11. The lowest BCUT2D eigenvalue weighted by molar-refractivity contribution is -0.137. The van der Waals surface area contributed by atoms with Crippen LogP contribution in [0, 0.1) is 0 Å². The number of carbonyl (C=O) groups excluding carboxylic acids is 1. The first kappa shape index (κ1) is 14.2. The molecule has 2 heterocycles. The molecule has 1 aliphatic heterocycles. The van der Waals surface area contributed by atoms with Crippen molar-refractivity contribution in [3.05, 3.63) is 17.8 Å². The van der Waals surface area contributed by atoms with E-state index < -0.39 is 5.97 Å². The van der Waals surface area contributed by atoms with Crippen LogP contribution in [0.3, 0.4) is 0 Å². The third-order valence-electron chi connectivity index (χ3n) is 3.31. The summed E-state index contributed by atoms with van der Waals surface area (Å²) in [6.07, 6.45) is 2.22. The molecule has 0 radical (unpaired) electrons. The SMILES string of the molecule is CN(CCC(=O)O)C(=O)c1ccc(N2CCCC2)nn1. The van der Waals surface area contributed by atoms with Crippen molar-refractivity contribution in [1.29, 1.82) is 0 Å². The van der Waals surface area contributed by atoms with E-state index in [1.807, 2.05) is 0 Å². The standard InChI is InChI=1S/C13H18N4O3/c1-16(9-6-12(18)19)13(20)10-4-5-11(15-14-10)17-7-2-3-8-17/h4-5H,2-3,6-9H2,1H3,(H,18,19). The monoisotopic (exact) mass is 278 g/mol. The Balaban J connectivity index is 1.97. The first-order valence-corrected chi connectivity index (χ1v) is 6.64. The highest BCUT2D eigenvalue weighted by Crippen LogP contribution is 2.16. The number of rotatable bonds is 5. The molecule has 0 aliphatic carbocycles. The van der Waals surface area contributed by atoms with Gasteiger partial charge in [-0.15, -0.1) is 10.2 Å². The second-order valence-corrected chi connectivity index (χ2v) is 4.84. The molecule has 0 saturated carbocycles. The van der Waals surface area contributed by atoms with Gasteiger partial charge in [-0.3, -0.25) is 9.59 Å². The summed E-state index contributed by atoms with van der Waals surface area (Å²) in [5, 5.41) is 16.6. The van der Waals surface area contributed by atoms with Gasteiger partial charge in [0.15, 0.2) is 11.5 Å². The molecule has 0 bridgehead atoms. The Morgan fingerprint density at radius 1 is 1.30 bits per heavy atom. The van der Waals surface area contributed by atoms with Gasteiger partial charge in [0.25, 0.3) is 5.91 Å². The molecule has 0 spiro atoms. The number of amides is 1. The Morgan fingerprint density at radius 3 is 2.55 bits per heavy atom. The molecule has 0 aromatic carbocycles. The summed E-state index contributed by atoms with van der Waals surface area (Å²) in [5.41, 5.74) is 0.237. The maximum Gasteiger partial charge on any atom is 0.305 e. The maximum atomic E-state index is 12.0. The summed E-state index contributed by atoms with van der Waals surface area (Å²) in [5.74, 6) is -0.459. The molecular weight excluding hydrogens is 260 g/mol. The Hall–Kier alpha value is -2.18. The van der Waals surface area contributed by atoms with Gasteiger partial charge in [-0.25, -0.2) is 0 Å². The van der Waals surface area contributed by atoms with Gasteiger partial charge in [0.05, 0.1) is 6.42 Å². The van der Waals surface area contributed by atoms with E-state index in [9.17, 15) is 9.59 Å². The molecule has 7 heteroatoms. The summed E-state index contributed by atoms with van der Waals surface area (Å²) in [7, 11) is 1.56. The van der Waals surface area contributed by atoms with Crippen molar-refractivity contribution >= 4 is 17.7 Å². The zero-order valence-electron chi connectivity index (χ0n) is 11.4. The van der Waals surface area contributed by atoms with E-state index in [1.54, 1.807) is 19.2 Å². The largest absolute Gasteiger partial charge is 0.481 e. The summed E-state index contributed by atoms with van der Waals surface area (Å²) < 4.78 is 0. The first-order valence-electron chi connectivity index (χ1n) is 6.64. The predicted octanol–water partition coefficient (Wildman–Crippen LogP) is 0.623. The van der Waals surface area contributed by atoms with E-state index in [2.05, 4.69) is 15.1 Å². The van der Waals surface area contributed by atoms with E-state index >= 15 is 0 Å². The Bertz CT molecular complexity index is 483. The summed E-state index contributed by atoms with van der Waals surface area (Å²) in [6, 6.07) is 3.43. The van der Waals surface area contributed by atoms with Gasteiger partial charge in [0.1, 0.15) is 0 Å². The van der Waals surface area contributed by atoms with E-state index in [0.717, 1.165) is 31.7 Å². The van der Waals surface area contributed by atoms with Crippen LogP contribution in [0.5, 0.6) is 0 Å². The quantitative estimate of drug-likeness (QED) is 0.849. The highest BCUT2D eigenvalue weighted by atomic mass is 16.4. The fourth-order valence-electron chi connectivity index (χ4n) is 2.11. The van der Waals surface area contributed by atoms with Crippen LogP contribution in [0.2, 0.25) is 0 Å². The molecule has 1 amide bonds. The van der Waals surface area contributed by atoms with E-state index in [4.69, 9.17) is 5.11 Å². The predicted molar refractivity (Wildman–Crippen MR) is 72.7 cm³/mol. The van der Waals surface area contributed by atoms with Gasteiger partial charge in [0, 0.05) is 26.7 Å². The van der Waals surface area contributed by atoms with Crippen molar-refractivity contribution in [3.63, 3.8) is 0 Å². The van der Waals surface area contributed by atoms with Gasteiger partial charge in [0.2, 0.25) is 0 Å².